The second kappa shape index (κ2) is 10.6. The standard InChI is InChI=1S/C32H45FN4O2/c1-4-29-21(3)30(37(5-2)34-29)22-9-11-35(12-10-22)17-26-18-36(19-28(26)23-7-6-8-27(33)14-23)20-32(31(38)39)15-24-13-25(24)16-32/h6-8,14,22,24-26,28H,4-5,9-13,15-20H2,1-3H3,(H,38,39)/t24-,25+,26?,28-,32?/m1/s1. The average molecular weight is 537 g/mol. The Morgan fingerprint density at radius 1 is 1.13 bits per heavy atom. The summed E-state index contributed by atoms with van der Waals surface area (Å²) >= 11 is 0. The number of aryl methyl sites for hydroxylation is 2. The van der Waals surface area contributed by atoms with Crippen LogP contribution in [0.25, 0.3) is 0 Å². The normalized spacial score (nSPS) is 31.6. The summed E-state index contributed by atoms with van der Waals surface area (Å²) in [6.07, 6.45) is 6.15. The summed E-state index contributed by atoms with van der Waals surface area (Å²) in [7, 11) is 0. The fourth-order valence-electron chi connectivity index (χ4n) is 8.52. The van der Waals surface area contributed by atoms with Gasteiger partial charge in [-0.05, 0) is 106 Å². The lowest BCUT2D eigenvalue weighted by atomic mass is 9.82. The van der Waals surface area contributed by atoms with Crippen molar-refractivity contribution in [1.82, 2.24) is 19.6 Å². The maximum Gasteiger partial charge on any atom is 0.310 e. The smallest absolute Gasteiger partial charge is 0.310 e. The molecular formula is C32H45FN4O2. The van der Waals surface area contributed by atoms with Crippen LogP contribution in [0.2, 0.25) is 0 Å². The lowest BCUT2D eigenvalue weighted by Gasteiger charge is -2.35. The third-order valence-electron chi connectivity index (χ3n) is 10.6. The van der Waals surface area contributed by atoms with Crippen molar-refractivity contribution in [3.63, 3.8) is 0 Å². The lowest BCUT2D eigenvalue weighted by Crippen LogP contribution is -2.42. The molecule has 2 saturated heterocycles. The van der Waals surface area contributed by atoms with E-state index in [0.29, 0.717) is 30.2 Å². The first-order chi connectivity index (χ1) is 18.8. The number of aromatic nitrogens is 2. The van der Waals surface area contributed by atoms with Crippen molar-refractivity contribution < 1.29 is 14.3 Å². The lowest BCUT2D eigenvalue weighted by molar-refractivity contribution is -0.150. The number of rotatable bonds is 9. The molecule has 0 spiro atoms. The molecule has 1 N–H and O–H groups in total. The van der Waals surface area contributed by atoms with Gasteiger partial charge in [0.1, 0.15) is 5.82 Å². The fourth-order valence-corrected chi connectivity index (χ4v) is 8.52. The minimum absolute atomic E-state index is 0.183. The van der Waals surface area contributed by atoms with E-state index in [1.807, 2.05) is 6.07 Å². The zero-order valence-electron chi connectivity index (χ0n) is 23.9. The Bertz CT molecular complexity index is 1190. The van der Waals surface area contributed by atoms with Crippen molar-refractivity contribution in [3.8, 4) is 0 Å². The Balaban J connectivity index is 1.15. The summed E-state index contributed by atoms with van der Waals surface area (Å²) in [4.78, 5) is 17.4. The van der Waals surface area contributed by atoms with Crippen LogP contribution in [0.1, 0.15) is 80.3 Å². The van der Waals surface area contributed by atoms with Gasteiger partial charge in [0.05, 0.1) is 11.1 Å². The number of halogens is 1. The Morgan fingerprint density at radius 3 is 2.51 bits per heavy atom. The van der Waals surface area contributed by atoms with Crippen LogP contribution in [-0.2, 0) is 17.8 Å². The van der Waals surface area contributed by atoms with Crippen molar-refractivity contribution in [2.75, 3.05) is 39.3 Å². The first kappa shape index (κ1) is 26.9. The first-order valence-corrected chi connectivity index (χ1v) is 15.3. The average Bonchev–Trinajstić information content (AvgIpc) is 3.22. The fraction of sp³-hybridized carbons (Fsp3) is 0.688. The van der Waals surface area contributed by atoms with Crippen LogP contribution in [0.15, 0.2) is 24.3 Å². The van der Waals surface area contributed by atoms with Crippen LogP contribution >= 0.6 is 0 Å². The van der Waals surface area contributed by atoms with E-state index in [2.05, 4.69) is 41.3 Å². The Morgan fingerprint density at radius 2 is 1.87 bits per heavy atom. The van der Waals surface area contributed by atoms with Crippen LogP contribution in [0.5, 0.6) is 0 Å². The van der Waals surface area contributed by atoms with Gasteiger partial charge in [0, 0.05) is 50.3 Å². The molecule has 0 radical (unpaired) electrons. The number of aliphatic carboxylic acids is 1. The minimum Gasteiger partial charge on any atom is -0.481 e. The molecule has 2 unspecified atom stereocenters. The number of benzene rings is 1. The number of nitrogens with zero attached hydrogens (tertiary/aromatic N) is 4. The molecule has 1 aromatic carbocycles. The summed E-state index contributed by atoms with van der Waals surface area (Å²) in [5.74, 6) is 1.61. The van der Waals surface area contributed by atoms with E-state index in [1.165, 1.54) is 29.4 Å². The predicted octanol–water partition coefficient (Wildman–Crippen LogP) is 5.31. The third-order valence-corrected chi connectivity index (χ3v) is 10.6. The molecule has 1 aromatic heterocycles. The Labute approximate surface area is 232 Å². The van der Waals surface area contributed by atoms with Gasteiger partial charge in [0.15, 0.2) is 0 Å². The van der Waals surface area contributed by atoms with Gasteiger partial charge in [-0.15, -0.1) is 0 Å². The molecule has 4 aliphatic rings. The monoisotopic (exact) mass is 536 g/mol. The largest absolute Gasteiger partial charge is 0.481 e. The number of hydrogen-bond donors (Lipinski definition) is 1. The van der Waals surface area contributed by atoms with Gasteiger partial charge in [-0.1, -0.05) is 19.1 Å². The second-order valence-corrected chi connectivity index (χ2v) is 13.1. The van der Waals surface area contributed by atoms with E-state index in [1.54, 1.807) is 6.07 Å². The highest BCUT2D eigenvalue weighted by Crippen LogP contribution is 2.60. The van der Waals surface area contributed by atoms with Crippen LogP contribution in [0.3, 0.4) is 0 Å². The third kappa shape index (κ3) is 5.17. The first-order valence-electron chi connectivity index (χ1n) is 15.3. The van der Waals surface area contributed by atoms with Crippen LogP contribution in [0.4, 0.5) is 4.39 Å². The number of fused-ring (bicyclic) bond motifs is 1. The molecule has 5 atom stereocenters. The molecule has 2 aliphatic heterocycles. The molecule has 2 aromatic rings. The molecule has 0 amide bonds. The summed E-state index contributed by atoms with van der Waals surface area (Å²) in [5, 5.41) is 15.1. The molecule has 2 aliphatic carbocycles. The Kier molecular flexibility index (Phi) is 7.34. The van der Waals surface area contributed by atoms with Gasteiger partial charge >= 0.3 is 5.97 Å². The molecule has 6 rings (SSSR count). The van der Waals surface area contributed by atoms with Gasteiger partial charge in [0.2, 0.25) is 0 Å². The second-order valence-electron chi connectivity index (χ2n) is 13.1. The van der Waals surface area contributed by atoms with E-state index in [0.717, 1.165) is 76.9 Å². The summed E-state index contributed by atoms with van der Waals surface area (Å²) < 4.78 is 16.5. The summed E-state index contributed by atoms with van der Waals surface area (Å²) in [6, 6.07) is 7.11. The Hall–Kier alpha value is -2.25. The number of carboxylic acid groups (broad SMARTS) is 1. The highest BCUT2D eigenvalue weighted by molar-refractivity contribution is 5.76. The number of carbonyl (C=O) groups is 1. The SMILES string of the molecule is CCc1nn(CC)c(C2CCN(CC3CN(CC4(C(=O)O)C[C@H]5C[C@H]5C4)C[C@@H]3c3cccc(F)c3)CC2)c1C. The molecule has 4 fully saturated rings. The zero-order valence-corrected chi connectivity index (χ0v) is 23.9. The summed E-state index contributed by atoms with van der Waals surface area (Å²) in [5.41, 5.74) is 4.52. The topological polar surface area (TPSA) is 61.6 Å². The highest BCUT2D eigenvalue weighted by Gasteiger charge is 2.58. The molecule has 3 heterocycles. The quantitative estimate of drug-likeness (QED) is 0.471. The maximum atomic E-state index is 14.3. The van der Waals surface area contributed by atoms with E-state index < -0.39 is 11.4 Å². The number of hydrogen-bond acceptors (Lipinski definition) is 4. The van der Waals surface area contributed by atoms with Crippen molar-refractivity contribution in [2.24, 2.45) is 23.2 Å². The van der Waals surface area contributed by atoms with E-state index in [9.17, 15) is 14.3 Å². The van der Waals surface area contributed by atoms with Gasteiger partial charge < -0.3 is 14.9 Å². The molecular weight excluding hydrogens is 491 g/mol. The zero-order chi connectivity index (χ0) is 27.3. The molecule has 7 heteroatoms. The van der Waals surface area contributed by atoms with E-state index in [4.69, 9.17) is 5.10 Å². The van der Waals surface area contributed by atoms with Crippen LogP contribution in [-0.4, -0.2) is 69.9 Å². The van der Waals surface area contributed by atoms with Gasteiger partial charge in [-0.25, -0.2) is 4.39 Å². The molecule has 39 heavy (non-hydrogen) atoms. The van der Waals surface area contributed by atoms with Crippen molar-refractivity contribution in [3.05, 3.63) is 52.6 Å². The van der Waals surface area contributed by atoms with Crippen LogP contribution < -0.4 is 0 Å². The number of likely N-dealkylation sites (tertiary alicyclic amines) is 2. The summed E-state index contributed by atoms with van der Waals surface area (Å²) in [6.45, 7) is 13.0. The number of piperidine rings is 1. The van der Waals surface area contributed by atoms with E-state index >= 15 is 0 Å². The molecule has 0 bridgehead atoms. The van der Waals surface area contributed by atoms with Crippen molar-refractivity contribution >= 4 is 5.97 Å². The van der Waals surface area contributed by atoms with Gasteiger partial charge in [-0.2, -0.15) is 5.10 Å². The van der Waals surface area contributed by atoms with Gasteiger partial charge in [0.25, 0.3) is 0 Å². The molecule has 6 nitrogen and oxygen atoms in total. The highest BCUT2D eigenvalue weighted by atomic mass is 19.1. The van der Waals surface area contributed by atoms with Crippen molar-refractivity contribution in [2.45, 2.75) is 77.7 Å². The van der Waals surface area contributed by atoms with Crippen LogP contribution in [0, 0.1) is 35.9 Å². The molecule has 2 saturated carbocycles. The maximum absolute atomic E-state index is 14.3. The van der Waals surface area contributed by atoms with Gasteiger partial charge in [-0.3, -0.25) is 9.48 Å². The van der Waals surface area contributed by atoms with E-state index in [-0.39, 0.29) is 11.7 Å². The predicted molar refractivity (Wildman–Crippen MR) is 150 cm³/mol. The van der Waals surface area contributed by atoms with Crippen molar-refractivity contribution in [1.29, 1.82) is 0 Å². The number of carboxylic acids is 1. The minimum atomic E-state index is -0.615. The molecule has 212 valence electrons.